The van der Waals surface area contributed by atoms with Crippen LogP contribution in [0.2, 0.25) is 0 Å². The molecular formula is C17H31NO3. The zero-order chi connectivity index (χ0) is 15.5. The number of rotatable bonds is 8. The fourth-order valence-electron chi connectivity index (χ4n) is 3.13. The zero-order valence-corrected chi connectivity index (χ0v) is 13.8. The number of carboxylic acids is 1. The second kappa shape index (κ2) is 6.66. The summed E-state index contributed by atoms with van der Waals surface area (Å²) >= 11 is 0. The number of aliphatic carboxylic acids is 1. The van der Waals surface area contributed by atoms with Crippen molar-refractivity contribution in [1.29, 1.82) is 0 Å². The lowest BCUT2D eigenvalue weighted by atomic mass is 9.76. The Balaban J connectivity index is 1.65. The Morgan fingerprint density at radius 2 is 1.90 bits per heavy atom. The number of hydrogen-bond acceptors (Lipinski definition) is 3. The predicted molar refractivity (Wildman–Crippen MR) is 83.4 cm³/mol. The van der Waals surface area contributed by atoms with E-state index in [1.165, 1.54) is 12.8 Å². The molecule has 122 valence electrons. The normalized spacial score (nSPS) is 25.5. The molecule has 21 heavy (non-hydrogen) atoms. The van der Waals surface area contributed by atoms with E-state index in [9.17, 15) is 9.90 Å². The Bertz CT molecular complexity index is 355. The van der Waals surface area contributed by atoms with Crippen LogP contribution in [-0.2, 0) is 9.53 Å². The summed E-state index contributed by atoms with van der Waals surface area (Å²) in [5, 5.41) is 12.7. The highest BCUT2D eigenvalue weighted by Gasteiger charge is 2.38. The minimum atomic E-state index is -0.793. The van der Waals surface area contributed by atoms with Gasteiger partial charge in [-0.25, -0.2) is 0 Å². The van der Waals surface area contributed by atoms with Crippen molar-refractivity contribution in [2.75, 3.05) is 6.61 Å². The highest BCUT2D eigenvalue weighted by atomic mass is 16.5. The van der Waals surface area contributed by atoms with E-state index in [-0.39, 0.29) is 0 Å². The Morgan fingerprint density at radius 3 is 2.43 bits per heavy atom. The molecule has 2 aliphatic rings. The third-order valence-electron chi connectivity index (χ3n) is 5.03. The molecule has 2 aliphatic carbocycles. The number of carboxylic acid groups (broad SMARTS) is 1. The first-order valence-corrected chi connectivity index (χ1v) is 8.43. The fourth-order valence-corrected chi connectivity index (χ4v) is 3.13. The topological polar surface area (TPSA) is 58.6 Å². The molecule has 0 amide bonds. The molecule has 1 atom stereocenters. The van der Waals surface area contributed by atoms with Crippen LogP contribution >= 0.6 is 0 Å². The molecule has 2 saturated carbocycles. The lowest BCUT2D eigenvalue weighted by Crippen LogP contribution is -2.50. The van der Waals surface area contributed by atoms with Crippen molar-refractivity contribution in [2.45, 2.75) is 89.8 Å². The summed E-state index contributed by atoms with van der Waals surface area (Å²) in [5.41, 5.74) is -0.324. The van der Waals surface area contributed by atoms with Crippen molar-refractivity contribution in [2.24, 2.45) is 5.41 Å². The van der Waals surface area contributed by atoms with Gasteiger partial charge in [0.05, 0.1) is 6.10 Å². The number of hydrogen-bond donors (Lipinski definition) is 2. The minimum Gasteiger partial charge on any atom is -0.480 e. The fraction of sp³-hybridized carbons (Fsp3) is 0.941. The van der Waals surface area contributed by atoms with E-state index < -0.39 is 11.5 Å². The van der Waals surface area contributed by atoms with Crippen molar-refractivity contribution in [3.8, 4) is 0 Å². The predicted octanol–water partition coefficient (Wildman–Crippen LogP) is 3.35. The van der Waals surface area contributed by atoms with Crippen LogP contribution in [0.15, 0.2) is 0 Å². The number of carbonyl (C=O) groups is 1. The average Bonchev–Trinajstić information content (AvgIpc) is 3.20. The van der Waals surface area contributed by atoms with Crippen LogP contribution in [0.25, 0.3) is 0 Å². The summed E-state index contributed by atoms with van der Waals surface area (Å²) < 4.78 is 5.95. The van der Waals surface area contributed by atoms with E-state index in [1.54, 1.807) is 6.92 Å². The summed E-state index contributed by atoms with van der Waals surface area (Å²) in [5.74, 6) is -0.742. The average molecular weight is 297 g/mol. The van der Waals surface area contributed by atoms with Crippen molar-refractivity contribution < 1.29 is 14.6 Å². The van der Waals surface area contributed by atoms with Gasteiger partial charge >= 0.3 is 5.97 Å². The summed E-state index contributed by atoms with van der Waals surface area (Å²) in [6.45, 7) is 7.13. The molecule has 4 nitrogen and oxygen atoms in total. The Labute approximate surface area is 128 Å². The Morgan fingerprint density at radius 1 is 1.29 bits per heavy atom. The molecule has 0 bridgehead atoms. The minimum absolute atomic E-state index is 0.380. The Kier molecular flexibility index (Phi) is 5.31. The van der Waals surface area contributed by atoms with Crippen LogP contribution in [0.3, 0.4) is 0 Å². The molecular weight excluding hydrogens is 266 g/mol. The summed E-state index contributed by atoms with van der Waals surface area (Å²) in [7, 11) is 0. The lowest BCUT2D eigenvalue weighted by molar-refractivity contribution is -0.144. The highest BCUT2D eigenvalue weighted by Crippen LogP contribution is 2.36. The molecule has 2 fully saturated rings. The molecule has 0 aliphatic heterocycles. The van der Waals surface area contributed by atoms with Gasteiger partial charge in [-0.3, -0.25) is 10.1 Å². The molecule has 2 N–H and O–H groups in total. The highest BCUT2D eigenvalue weighted by molar-refractivity contribution is 5.78. The van der Waals surface area contributed by atoms with Gasteiger partial charge in [0.1, 0.15) is 5.54 Å². The van der Waals surface area contributed by atoms with Gasteiger partial charge in [-0.05, 0) is 63.7 Å². The molecule has 2 rings (SSSR count). The van der Waals surface area contributed by atoms with E-state index in [2.05, 4.69) is 19.2 Å². The van der Waals surface area contributed by atoms with Crippen LogP contribution < -0.4 is 5.32 Å². The second-order valence-electron chi connectivity index (χ2n) is 7.89. The van der Waals surface area contributed by atoms with Crippen LogP contribution in [0.4, 0.5) is 0 Å². The second-order valence-corrected chi connectivity index (χ2v) is 7.89. The van der Waals surface area contributed by atoms with Gasteiger partial charge in [-0.2, -0.15) is 0 Å². The third kappa shape index (κ3) is 5.26. The van der Waals surface area contributed by atoms with Crippen molar-refractivity contribution >= 4 is 5.97 Å². The molecule has 4 heteroatoms. The third-order valence-corrected chi connectivity index (χ3v) is 5.03. The SMILES string of the molecule is CC1(C)CCC(OCCCC(C)(NC2CC2)C(=O)O)CC1. The molecule has 0 saturated heterocycles. The number of nitrogens with one attached hydrogen (secondary N) is 1. The summed E-state index contributed by atoms with van der Waals surface area (Å²) in [4.78, 5) is 11.4. The van der Waals surface area contributed by atoms with Gasteiger partial charge in [0.2, 0.25) is 0 Å². The van der Waals surface area contributed by atoms with Crippen molar-refractivity contribution in [3.05, 3.63) is 0 Å². The van der Waals surface area contributed by atoms with E-state index >= 15 is 0 Å². The maximum atomic E-state index is 11.4. The van der Waals surface area contributed by atoms with Crippen LogP contribution in [0, 0.1) is 5.41 Å². The first-order chi connectivity index (χ1) is 9.81. The summed E-state index contributed by atoms with van der Waals surface area (Å²) in [6.07, 6.45) is 8.79. The Hall–Kier alpha value is -0.610. The molecule has 0 heterocycles. The van der Waals surface area contributed by atoms with Crippen LogP contribution in [-0.4, -0.2) is 35.4 Å². The van der Waals surface area contributed by atoms with E-state index in [1.807, 2.05) is 0 Å². The first-order valence-electron chi connectivity index (χ1n) is 8.43. The van der Waals surface area contributed by atoms with Crippen LogP contribution in [0.5, 0.6) is 0 Å². The molecule has 1 unspecified atom stereocenters. The van der Waals surface area contributed by atoms with Crippen molar-refractivity contribution in [3.63, 3.8) is 0 Å². The molecule has 0 aromatic heterocycles. The monoisotopic (exact) mass is 297 g/mol. The zero-order valence-electron chi connectivity index (χ0n) is 13.8. The number of ether oxygens (including phenoxy) is 1. The summed E-state index contributed by atoms with van der Waals surface area (Å²) in [6, 6.07) is 0.410. The van der Waals surface area contributed by atoms with Crippen LogP contribution in [0.1, 0.15) is 72.1 Å². The standard InChI is InChI=1S/C17H31NO3/c1-16(2)10-7-14(8-11-16)21-12-4-9-17(3,15(19)20)18-13-5-6-13/h13-14,18H,4-12H2,1-3H3,(H,19,20). The quantitative estimate of drug-likeness (QED) is 0.675. The van der Waals surface area contributed by atoms with Crippen molar-refractivity contribution in [1.82, 2.24) is 5.32 Å². The molecule has 0 radical (unpaired) electrons. The van der Waals surface area contributed by atoms with Gasteiger partial charge in [0, 0.05) is 12.6 Å². The van der Waals surface area contributed by atoms with Gasteiger partial charge < -0.3 is 9.84 Å². The lowest BCUT2D eigenvalue weighted by Gasteiger charge is -2.34. The van der Waals surface area contributed by atoms with E-state index in [0.717, 1.165) is 32.1 Å². The molecule has 0 aromatic carbocycles. The first kappa shape index (κ1) is 16.8. The van der Waals surface area contributed by atoms with Gasteiger partial charge in [0.15, 0.2) is 0 Å². The van der Waals surface area contributed by atoms with Gasteiger partial charge in [-0.1, -0.05) is 13.8 Å². The maximum absolute atomic E-state index is 11.4. The van der Waals surface area contributed by atoms with E-state index in [4.69, 9.17) is 4.74 Å². The molecule has 0 spiro atoms. The van der Waals surface area contributed by atoms with Gasteiger partial charge in [0.25, 0.3) is 0 Å². The largest absolute Gasteiger partial charge is 0.480 e. The molecule has 0 aromatic rings. The van der Waals surface area contributed by atoms with E-state index in [0.29, 0.717) is 30.6 Å². The van der Waals surface area contributed by atoms with Gasteiger partial charge in [-0.15, -0.1) is 0 Å². The maximum Gasteiger partial charge on any atom is 0.323 e. The smallest absolute Gasteiger partial charge is 0.323 e.